The van der Waals surface area contributed by atoms with Gasteiger partial charge in [0.1, 0.15) is 0 Å². The van der Waals surface area contributed by atoms with Crippen LogP contribution in [0.2, 0.25) is 0 Å². The van der Waals surface area contributed by atoms with E-state index >= 15 is 0 Å². The van der Waals surface area contributed by atoms with Crippen LogP contribution in [0, 0.1) is 22.7 Å². The van der Waals surface area contributed by atoms with E-state index in [1.807, 2.05) is 27.7 Å². The molecule has 0 aromatic carbocycles. The fourth-order valence-electron chi connectivity index (χ4n) is 6.19. The minimum Gasteiger partial charge on any atom is -0.463 e. The van der Waals surface area contributed by atoms with E-state index in [-0.39, 0.29) is 35.0 Å². The van der Waals surface area contributed by atoms with E-state index in [9.17, 15) is 9.59 Å². The second-order valence-corrected chi connectivity index (χ2v) is 8.79. The second-order valence-electron chi connectivity index (χ2n) is 8.79. The molecule has 2 bridgehead atoms. The van der Waals surface area contributed by atoms with Gasteiger partial charge in [-0.1, -0.05) is 38.8 Å². The van der Waals surface area contributed by atoms with Crippen molar-refractivity contribution in [3.05, 3.63) is 11.1 Å². The minimum absolute atomic E-state index is 0.190. The number of allylic oxidation sites excluding steroid dienone is 2. The Labute approximate surface area is 165 Å². The number of ether oxygens (including phenoxy) is 2. The average Bonchev–Trinajstić information content (AvgIpc) is 3.06. The van der Waals surface area contributed by atoms with Crippen LogP contribution in [0.25, 0.3) is 0 Å². The molecule has 27 heavy (non-hydrogen) atoms. The summed E-state index contributed by atoms with van der Waals surface area (Å²) in [6, 6.07) is 0. The van der Waals surface area contributed by atoms with Gasteiger partial charge in [0, 0.05) is 10.8 Å². The topological polar surface area (TPSA) is 52.6 Å². The van der Waals surface area contributed by atoms with Gasteiger partial charge in [0.2, 0.25) is 0 Å². The lowest BCUT2D eigenvalue weighted by Crippen LogP contribution is -2.46. The molecule has 2 aliphatic rings. The minimum atomic E-state index is -0.443. The van der Waals surface area contributed by atoms with Crippen LogP contribution in [0.1, 0.15) is 87.5 Å². The van der Waals surface area contributed by atoms with Gasteiger partial charge >= 0.3 is 11.9 Å². The summed E-state index contributed by atoms with van der Waals surface area (Å²) in [5, 5.41) is 0. The van der Waals surface area contributed by atoms with Crippen molar-refractivity contribution in [1.82, 2.24) is 0 Å². The Kier molecular flexibility index (Phi) is 6.48. The number of carbonyl (C=O) groups excluding carboxylic acids is 2. The normalized spacial score (nSPS) is 32.5. The lowest BCUT2D eigenvalue weighted by molar-refractivity contribution is -0.170. The van der Waals surface area contributed by atoms with Crippen LogP contribution in [0.5, 0.6) is 0 Å². The zero-order valence-electron chi connectivity index (χ0n) is 18.5. The monoisotopic (exact) mass is 378 g/mol. The quantitative estimate of drug-likeness (QED) is 0.416. The van der Waals surface area contributed by atoms with Crippen molar-refractivity contribution >= 4 is 11.9 Å². The first-order valence-corrected chi connectivity index (χ1v) is 10.8. The highest BCUT2D eigenvalue weighted by molar-refractivity contribution is 5.87. The van der Waals surface area contributed by atoms with Crippen LogP contribution in [0.3, 0.4) is 0 Å². The maximum absolute atomic E-state index is 13.3. The number of fused-ring (bicyclic) bond motifs is 2. The van der Waals surface area contributed by atoms with Crippen LogP contribution >= 0.6 is 0 Å². The molecular formula is C23H38O4. The van der Waals surface area contributed by atoms with Crippen molar-refractivity contribution in [2.45, 2.75) is 99.7 Å². The van der Waals surface area contributed by atoms with Crippen molar-refractivity contribution in [3.8, 4) is 0 Å². The van der Waals surface area contributed by atoms with Crippen molar-refractivity contribution in [1.29, 1.82) is 0 Å². The van der Waals surface area contributed by atoms with Crippen LogP contribution in [0.4, 0.5) is 0 Å². The Hall–Kier alpha value is -1.32. The van der Waals surface area contributed by atoms with Crippen molar-refractivity contribution in [3.63, 3.8) is 0 Å². The molecule has 1 fully saturated rings. The van der Waals surface area contributed by atoms with E-state index in [2.05, 4.69) is 27.7 Å². The molecule has 0 amide bonds. The summed E-state index contributed by atoms with van der Waals surface area (Å²) in [7, 11) is 0. The van der Waals surface area contributed by atoms with E-state index in [1.165, 1.54) is 11.1 Å². The third-order valence-corrected chi connectivity index (χ3v) is 6.90. The van der Waals surface area contributed by atoms with Gasteiger partial charge in [-0.15, -0.1) is 0 Å². The van der Waals surface area contributed by atoms with Gasteiger partial charge in [-0.05, 0) is 59.8 Å². The van der Waals surface area contributed by atoms with E-state index < -0.39 is 11.8 Å². The zero-order chi connectivity index (χ0) is 20.6. The molecule has 0 radical (unpaired) electrons. The lowest BCUT2D eigenvalue weighted by atomic mass is 9.61. The van der Waals surface area contributed by atoms with Crippen LogP contribution in [0.15, 0.2) is 11.1 Å². The zero-order valence-corrected chi connectivity index (χ0v) is 18.5. The summed E-state index contributed by atoms with van der Waals surface area (Å²) in [5.74, 6) is -1.34. The fraction of sp³-hybridized carbons (Fsp3) is 0.826. The second kappa shape index (κ2) is 7.97. The Balaban J connectivity index is 2.69. The van der Waals surface area contributed by atoms with Crippen molar-refractivity contribution < 1.29 is 19.1 Å². The first-order chi connectivity index (χ1) is 12.6. The molecule has 4 atom stereocenters. The van der Waals surface area contributed by atoms with Gasteiger partial charge in [-0.2, -0.15) is 0 Å². The molecule has 0 N–H and O–H groups in total. The molecule has 2 rings (SSSR count). The molecule has 4 unspecified atom stereocenters. The number of hydrogen-bond donors (Lipinski definition) is 0. The first-order valence-electron chi connectivity index (χ1n) is 10.8. The summed E-state index contributed by atoms with van der Waals surface area (Å²) in [6.07, 6.45) is 4.05. The van der Waals surface area contributed by atoms with Crippen molar-refractivity contribution in [2.24, 2.45) is 22.7 Å². The molecule has 4 heteroatoms. The molecule has 0 aliphatic heterocycles. The molecule has 0 aromatic heterocycles. The van der Waals surface area contributed by atoms with Gasteiger partial charge in [-0.25, -0.2) is 0 Å². The number of esters is 2. The number of rotatable bonds is 8. The van der Waals surface area contributed by atoms with Gasteiger partial charge in [0.05, 0.1) is 24.0 Å². The largest absolute Gasteiger partial charge is 0.463 e. The molecule has 2 aliphatic carbocycles. The predicted octanol–water partition coefficient (Wildman–Crippen LogP) is 5.45. The average molecular weight is 379 g/mol. The maximum atomic E-state index is 13.3. The number of carbonyl (C=O) groups is 2. The summed E-state index contributed by atoms with van der Waals surface area (Å²) >= 11 is 0. The Bertz CT molecular complexity index is 566. The molecule has 1 saturated carbocycles. The van der Waals surface area contributed by atoms with Crippen LogP contribution in [-0.4, -0.2) is 24.1 Å². The highest BCUT2D eigenvalue weighted by Gasteiger charge is 2.71. The molecule has 0 spiro atoms. The standard InChI is InChI=1S/C23H38O4/c1-9-16-17(10-2)23(12-4)13-22(16,11-3)18(20(24)26-14(5)6)19(23)21(25)27-15(7)8/h14-15,18-19H,9-13H2,1-8H3. The fourth-order valence-corrected chi connectivity index (χ4v) is 6.19. The highest BCUT2D eigenvalue weighted by atomic mass is 16.6. The van der Waals surface area contributed by atoms with Gasteiger partial charge < -0.3 is 9.47 Å². The van der Waals surface area contributed by atoms with Crippen molar-refractivity contribution in [2.75, 3.05) is 0 Å². The Morgan fingerprint density at radius 3 is 1.37 bits per heavy atom. The van der Waals surface area contributed by atoms with Crippen LogP contribution in [-0.2, 0) is 19.1 Å². The molecule has 0 saturated heterocycles. The Morgan fingerprint density at radius 2 is 1.15 bits per heavy atom. The van der Waals surface area contributed by atoms with Gasteiger partial charge in [0.15, 0.2) is 0 Å². The molecule has 0 heterocycles. The molecular weight excluding hydrogens is 340 g/mol. The molecule has 154 valence electrons. The van der Waals surface area contributed by atoms with E-state index in [1.54, 1.807) is 0 Å². The third kappa shape index (κ3) is 3.23. The van der Waals surface area contributed by atoms with Gasteiger partial charge in [0.25, 0.3) is 0 Å². The summed E-state index contributed by atoms with van der Waals surface area (Å²) in [5.41, 5.74) is 2.24. The summed E-state index contributed by atoms with van der Waals surface area (Å²) in [6.45, 7) is 16.1. The number of hydrogen-bond acceptors (Lipinski definition) is 4. The molecule has 0 aromatic rings. The lowest BCUT2D eigenvalue weighted by Gasteiger charge is -2.43. The third-order valence-electron chi connectivity index (χ3n) is 6.90. The van der Waals surface area contributed by atoms with Crippen LogP contribution < -0.4 is 0 Å². The summed E-state index contributed by atoms with van der Waals surface area (Å²) < 4.78 is 11.4. The Morgan fingerprint density at radius 1 is 0.815 bits per heavy atom. The summed E-state index contributed by atoms with van der Waals surface area (Å²) in [4.78, 5) is 26.5. The van der Waals surface area contributed by atoms with E-state index in [4.69, 9.17) is 9.47 Å². The van der Waals surface area contributed by atoms with Gasteiger partial charge in [-0.3, -0.25) is 9.59 Å². The highest BCUT2D eigenvalue weighted by Crippen LogP contribution is 2.73. The maximum Gasteiger partial charge on any atom is 0.310 e. The van der Waals surface area contributed by atoms with E-state index in [0.717, 1.165) is 32.1 Å². The first kappa shape index (κ1) is 22.0. The smallest absolute Gasteiger partial charge is 0.310 e. The molecule has 4 nitrogen and oxygen atoms in total. The SMILES string of the molecule is CCC1=C(CC)C2(CC)CC1(CC)C(C(=O)OC(C)C)C2C(=O)OC(C)C. The van der Waals surface area contributed by atoms with E-state index in [0.29, 0.717) is 0 Å². The predicted molar refractivity (Wildman–Crippen MR) is 107 cm³/mol.